The summed E-state index contributed by atoms with van der Waals surface area (Å²) in [6.07, 6.45) is 1.78. The second kappa shape index (κ2) is 7.97. The van der Waals surface area contributed by atoms with Gasteiger partial charge in [0, 0.05) is 17.6 Å². The van der Waals surface area contributed by atoms with Gasteiger partial charge in [0.25, 0.3) is 11.5 Å². The van der Waals surface area contributed by atoms with Crippen molar-refractivity contribution in [2.24, 2.45) is 0 Å². The van der Waals surface area contributed by atoms with Crippen molar-refractivity contribution in [3.8, 4) is 0 Å². The number of hydrogen-bond acceptors (Lipinski definition) is 3. The Morgan fingerprint density at radius 3 is 2.36 bits per heavy atom. The van der Waals surface area contributed by atoms with Crippen molar-refractivity contribution < 1.29 is 4.79 Å². The number of benzene rings is 2. The van der Waals surface area contributed by atoms with E-state index in [-0.39, 0.29) is 22.6 Å². The molecule has 5 nitrogen and oxygen atoms in total. The van der Waals surface area contributed by atoms with Crippen LogP contribution < -0.4 is 10.9 Å². The van der Waals surface area contributed by atoms with E-state index >= 15 is 0 Å². The number of fused-ring (bicyclic) bond motifs is 1. The minimum Gasteiger partial charge on any atom is -0.320 e. The number of para-hydroxylation sites is 1. The molecular weight excluding hydrogens is 350 g/mol. The number of aryl methyl sites for hydroxylation is 1. The number of carbonyl (C=O) groups excluding carboxylic acids is 1. The van der Waals surface area contributed by atoms with Gasteiger partial charge in [-0.25, -0.2) is 4.68 Å². The predicted octanol–water partition coefficient (Wildman–Crippen LogP) is 4.75. The van der Waals surface area contributed by atoms with E-state index in [0.29, 0.717) is 17.3 Å². The Hall–Kier alpha value is -2.95. The molecule has 0 aliphatic rings. The molecule has 3 aromatic rings. The number of amides is 1. The zero-order chi connectivity index (χ0) is 20.3. The Morgan fingerprint density at radius 2 is 1.68 bits per heavy atom. The van der Waals surface area contributed by atoms with E-state index in [0.717, 1.165) is 24.1 Å². The van der Waals surface area contributed by atoms with Gasteiger partial charge in [0.05, 0.1) is 5.39 Å². The molecule has 3 rings (SSSR count). The van der Waals surface area contributed by atoms with Crippen molar-refractivity contribution in [1.82, 2.24) is 9.78 Å². The van der Waals surface area contributed by atoms with E-state index < -0.39 is 0 Å². The van der Waals surface area contributed by atoms with Gasteiger partial charge in [0.15, 0.2) is 5.69 Å². The highest BCUT2D eigenvalue weighted by Crippen LogP contribution is 2.29. The minimum absolute atomic E-state index is 0.112. The van der Waals surface area contributed by atoms with Crippen molar-refractivity contribution in [1.29, 1.82) is 0 Å². The fourth-order valence-corrected chi connectivity index (χ4v) is 3.29. The molecule has 0 bridgehead atoms. The lowest BCUT2D eigenvalue weighted by Gasteiger charge is -2.23. The molecule has 1 aromatic heterocycles. The monoisotopic (exact) mass is 377 g/mol. The largest absolute Gasteiger partial charge is 0.320 e. The second-order valence-electron chi connectivity index (χ2n) is 8.03. The van der Waals surface area contributed by atoms with Crippen LogP contribution in [0, 0.1) is 0 Å². The summed E-state index contributed by atoms with van der Waals surface area (Å²) in [5, 5.41) is 8.52. The molecule has 0 radical (unpaired) electrons. The molecule has 1 heterocycles. The lowest BCUT2D eigenvalue weighted by Crippen LogP contribution is -2.28. The maximum atomic E-state index is 13.2. The molecular formula is C23H27N3O2. The van der Waals surface area contributed by atoms with Crippen LogP contribution in [0.5, 0.6) is 0 Å². The number of rotatable bonds is 5. The number of aromatic nitrogens is 2. The molecule has 28 heavy (non-hydrogen) atoms. The first-order valence-electron chi connectivity index (χ1n) is 9.73. The molecule has 0 atom stereocenters. The summed E-state index contributed by atoms with van der Waals surface area (Å²) < 4.78 is 1.41. The molecule has 0 saturated heterocycles. The van der Waals surface area contributed by atoms with Crippen LogP contribution in [0.3, 0.4) is 0 Å². The lowest BCUT2D eigenvalue weighted by atomic mass is 9.86. The van der Waals surface area contributed by atoms with Gasteiger partial charge in [0.2, 0.25) is 0 Å². The molecule has 0 spiro atoms. The fourth-order valence-electron chi connectivity index (χ4n) is 3.29. The van der Waals surface area contributed by atoms with Gasteiger partial charge in [-0.05, 0) is 29.5 Å². The van der Waals surface area contributed by atoms with Crippen LogP contribution in [-0.2, 0) is 12.0 Å². The van der Waals surface area contributed by atoms with E-state index in [9.17, 15) is 9.59 Å². The summed E-state index contributed by atoms with van der Waals surface area (Å²) in [6, 6.07) is 14.9. The summed E-state index contributed by atoms with van der Waals surface area (Å²) in [4.78, 5) is 25.9. The SMILES string of the molecule is CCCCn1nc(C(=O)Nc2ccccc2C(C)(C)C)c2ccccc2c1=O. The van der Waals surface area contributed by atoms with Crippen LogP contribution in [0.15, 0.2) is 53.3 Å². The first-order chi connectivity index (χ1) is 13.3. The number of unbranched alkanes of at least 4 members (excludes halogenated alkanes) is 1. The average molecular weight is 377 g/mol. The van der Waals surface area contributed by atoms with Crippen molar-refractivity contribution >= 4 is 22.4 Å². The molecule has 0 saturated carbocycles. The zero-order valence-corrected chi connectivity index (χ0v) is 17.0. The van der Waals surface area contributed by atoms with Crippen molar-refractivity contribution in [2.45, 2.75) is 52.5 Å². The van der Waals surface area contributed by atoms with Gasteiger partial charge in [-0.15, -0.1) is 0 Å². The third-order valence-corrected chi connectivity index (χ3v) is 4.79. The average Bonchev–Trinajstić information content (AvgIpc) is 2.67. The number of anilines is 1. The Kier molecular flexibility index (Phi) is 5.63. The van der Waals surface area contributed by atoms with E-state index in [1.54, 1.807) is 12.1 Å². The molecule has 0 aliphatic heterocycles. The van der Waals surface area contributed by atoms with Crippen LogP contribution in [0.1, 0.15) is 56.6 Å². The van der Waals surface area contributed by atoms with Gasteiger partial charge in [0.1, 0.15) is 0 Å². The van der Waals surface area contributed by atoms with Gasteiger partial charge in [-0.2, -0.15) is 5.10 Å². The number of nitrogens with zero attached hydrogens (tertiary/aromatic N) is 2. The van der Waals surface area contributed by atoms with Gasteiger partial charge in [-0.3, -0.25) is 9.59 Å². The summed E-state index contributed by atoms with van der Waals surface area (Å²) >= 11 is 0. The lowest BCUT2D eigenvalue weighted by molar-refractivity contribution is 0.102. The quantitative estimate of drug-likeness (QED) is 0.698. The smallest absolute Gasteiger partial charge is 0.276 e. The van der Waals surface area contributed by atoms with E-state index in [1.165, 1.54) is 4.68 Å². The van der Waals surface area contributed by atoms with Crippen LogP contribution in [0.4, 0.5) is 5.69 Å². The van der Waals surface area contributed by atoms with Crippen LogP contribution in [-0.4, -0.2) is 15.7 Å². The van der Waals surface area contributed by atoms with Gasteiger partial charge < -0.3 is 5.32 Å². The van der Waals surface area contributed by atoms with E-state index in [1.807, 2.05) is 36.4 Å². The molecule has 2 aromatic carbocycles. The normalized spacial score (nSPS) is 11.6. The molecule has 146 valence electrons. The van der Waals surface area contributed by atoms with Crippen molar-refractivity contribution in [3.63, 3.8) is 0 Å². The number of nitrogens with one attached hydrogen (secondary N) is 1. The van der Waals surface area contributed by atoms with Gasteiger partial charge >= 0.3 is 0 Å². The van der Waals surface area contributed by atoms with Crippen LogP contribution in [0.25, 0.3) is 10.8 Å². The Labute approximate surface area is 165 Å². The molecule has 0 unspecified atom stereocenters. The Bertz CT molecular complexity index is 1060. The van der Waals surface area contributed by atoms with E-state index in [4.69, 9.17) is 0 Å². The summed E-state index contributed by atoms with van der Waals surface area (Å²) in [5.74, 6) is -0.307. The van der Waals surface area contributed by atoms with Crippen molar-refractivity contribution in [2.75, 3.05) is 5.32 Å². The highest BCUT2D eigenvalue weighted by Gasteiger charge is 2.21. The minimum atomic E-state index is -0.307. The van der Waals surface area contributed by atoms with E-state index in [2.05, 4.69) is 38.1 Å². The topological polar surface area (TPSA) is 64.0 Å². The second-order valence-corrected chi connectivity index (χ2v) is 8.03. The third kappa shape index (κ3) is 3.98. The molecule has 1 N–H and O–H groups in total. The zero-order valence-electron chi connectivity index (χ0n) is 17.0. The number of hydrogen-bond donors (Lipinski definition) is 1. The highest BCUT2D eigenvalue weighted by atomic mass is 16.2. The summed E-state index contributed by atoms with van der Waals surface area (Å²) in [6.45, 7) is 8.88. The van der Waals surface area contributed by atoms with Crippen LogP contribution >= 0.6 is 0 Å². The standard InChI is InChI=1S/C23H27N3O2/c1-5-6-15-26-22(28)17-12-8-7-11-16(17)20(25-26)21(27)24-19-14-10-9-13-18(19)23(2,3)4/h7-14H,5-6,15H2,1-4H3,(H,24,27). The van der Waals surface area contributed by atoms with Gasteiger partial charge in [-0.1, -0.05) is 70.5 Å². The van der Waals surface area contributed by atoms with Crippen LogP contribution in [0.2, 0.25) is 0 Å². The Balaban J connectivity index is 2.08. The highest BCUT2D eigenvalue weighted by molar-refractivity contribution is 6.11. The number of carbonyl (C=O) groups is 1. The maximum absolute atomic E-state index is 13.2. The summed E-state index contributed by atoms with van der Waals surface area (Å²) in [7, 11) is 0. The molecule has 5 heteroatoms. The fraction of sp³-hybridized carbons (Fsp3) is 0.348. The molecule has 0 fully saturated rings. The first kappa shape index (κ1) is 19.8. The predicted molar refractivity (Wildman–Crippen MR) is 114 cm³/mol. The Morgan fingerprint density at radius 1 is 1.04 bits per heavy atom. The van der Waals surface area contributed by atoms with Crippen molar-refractivity contribution in [3.05, 3.63) is 70.1 Å². The first-order valence-corrected chi connectivity index (χ1v) is 9.73. The summed E-state index contributed by atoms with van der Waals surface area (Å²) in [5.41, 5.74) is 1.81. The third-order valence-electron chi connectivity index (χ3n) is 4.79. The molecule has 1 amide bonds. The molecule has 0 aliphatic carbocycles. The maximum Gasteiger partial charge on any atom is 0.276 e.